The zero-order chi connectivity index (χ0) is 10.0. The third kappa shape index (κ3) is 1.85. The second kappa shape index (κ2) is 3.55. The molecule has 0 radical (unpaired) electrons. The Morgan fingerprint density at radius 3 is 2.62 bits per heavy atom. The second-order valence-electron chi connectivity index (χ2n) is 2.68. The van der Waals surface area contributed by atoms with E-state index in [1.165, 1.54) is 0 Å². The van der Waals surface area contributed by atoms with Crippen molar-refractivity contribution in [2.24, 2.45) is 0 Å². The van der Waals surface area contributed by atoms with Crippen molar-refractivity contribution in [1.82, 2.24) is 4.98 Å². The van der Waals surface area contributed by atoms with E-state index in [1.54, 1.807) is 11.9 Å². The first-order valence-corrected chi connectivity index (χ1v) is 3.89. The fraction of sp³-hybridized carbons (Fsp3) is 0.375. The molecule has 72 valence electrons. The quantitative estimate of drug-likeness (QED) is 0.760. The molecule has 1 rings (SSSR count). The van der Waals surface area contributed by atoms with E-state index in [1.807, 2.05) is 6.92 Å². The summed E-state index contributed by atoms with van der Waals surface area (Å²) in [6.07, 6.45) is 0. The Kier molecular flexibility index (Phi) is 2.65. The summed E-state index contributed by atoms with van der Waals surface area (Å²) in [4.78, 5) is 5.14. The predicted octanol–water partition coefficient (Wildman–Crippen LogP) is 1.40. The van der Waals surface area contributed by atoms with Gasteiger partial charge in [0.15, 0.2) is 23.3 Å². The lowest BCUT2D eigenvalue weighted by molar-refractivity contribution is 0.575. The van der Waals surface area contributed by atoms with Crippen LogP contribution >= 0.6 is 0 Å². The number of nitrogen functional groups attached to an aromatic ring is 1. The molecule has 0 unspecified atom stereocenters. The van der Waals surface area contributed by atoms with Gasteiger partial charge in [-0.05, 0) is 6.92 Å². The van der Waals surface area contributed by atoms with E-state index in [-0.39, 0.29) is 11.6 Å². The summed E-state index contributed by atoms with van der Waals surface area (Å²) in [5, 5.41) is 0. The van der Waals surface area contributed by atoms with Crippen LogP contribution in [0.5, 0.6) is 0 Å². The first-order chi connectivity index (χ1) is 6.06. The van der Waals surface area contributed by atoms with Crippen molar-refractivity contribution in [3.05, 3.63) is 17.7 Å². The van der Waals surface area contributed by atoms with Crippen molar-refractivity contribution < 1.29 is 8.78 Å². The van der Waals surface area contributed by atoms with Gasteiger partial charge in [0.25, 0.3) is 0 Å². The van der Waals surface area contributed by atoms with Crippen LogP contribution in [0.25, 0.3) is 0 Å². The zero-order valence-corrected chi connectivity index (χ0v) is 7.51. The molecule has 0 bridgehead atoms. The van der Waals surface area contributed by atoms with E-state index in [4.69, 9.17) is 5.73 Å². The van der Waals surface area contributed by atoms with Gasteiger partial charge < -0.3 is 10.6 Å². The SMILES string of the molecule is CCN(C)c1nc(N)c(F)cc1F. The summed E-state index contributed by atoms with van der Waals surface area (Å²) in [7, 11) is 1.66. The molecular weight excluding hydrogens is 176 g/mol. The van der Waals surface area contributed by atoms with Crippen molar-refractivity contribution in [1.29, 1.82) is 0 Å². The Labute approximate surface area is 75.2 Å². The molecule has 0 aliphatic heterocycles. The summed E-state index contributed by atoms with van der Waals surface area (Å²) < 4.78 is 25.7. The molecule has 0 atom stereocenters. The Morgan fingerprint density at radius 1 is 1.46 bits per heavy atom. The van der Waals surface area contributed by atoms with Crippen molar-refractivity contribution in [2.45, 2.75) is 6.92 Å². The maximum Gasteiger partial charge on any atom is 0.168 e. The molecule has 3 nitrogen and oxygen atoms in total. The second-order valence-corrected chi connectivity index (χ2v) is 2.68. The highest BCUT2D eigenvalue weighted by molar-refractivity contribution is 5.46. The smallest absolute Gasteiger partial charge is 0.168 e. The minimum atomic E-state index is -0.828. The van der Waals surface area contributed by atoms with Gasteiger partial charge in [0.05, 0.1) is 0 Å². The average Bonchev–Trinajstić information content (AvgIpc) is 2.10. The third-order valence-electron chi connectivity index (χ3n) is 1.77. The van der Waals surface area contributed by atoms with Crippen LogP contribution < -0.4 is 10.6 Å². The van der Waals surface area contributed by atoms with E-state index in [9.17, 15) is 8.78 Å². The van der Waals surface area contributed by atoms with Crippen LogP contribution in [0.15, 0.2) is 6.07 Å². The summed E-state index contributed by atoms with van der Waals surface area (Å²) in [5.74, 6) is -1.74. The van der Waals surface area contributed by atoms with Crippen LogP contribution in [-0.4, -0.2) is 18.6 Å². The Hall–Kier alpha value is -1.39. The van der Waals surface area contributed by atoms with Gasteiger partial charge in [-0.1, -0.05) is 0 Å². The van der Waals surface area contributed by atoms with E-state index < -0.39 is 11.6 Å². The topological polar surface area (TPSA) is 42.2 Å². The predicted molar refractivity (Wildman–Crippen MR) is 47.5 cm³/mol. The Bertz CT molecular complexity index is 315. The van der Waals surface area contributed by atoms with Crippen LogP contribution in [0.3, 0.4) is 0 Å². The van der Waals surface area contributed by atoms with E-state index in [0.29, 0.717) is 6.54 Å². The van der Waals surface area contributed by atoms with Gasteiger partial charge in [0.2, 0.25) is 0 Å². The van der Waals surface area contributed by atoms with Crippen molar-refractivity contribution in [2.75, 3.05) is 24.2 Å². The molecule has 0 aliphatic rings. The van der Waals surface area contributed by atoms with Crippen LogP contribution in [-0.2, 0) is 0 Å². The molecule has 0 aromatic carbocycles. The molecule has 1 heterocycles. The van der Waals surface area contributed by atoms with Crippen molar-refractivity contribution in [3.63, 3.8) is 0 Å². The maximum atomic E-state index is 13.1. The molecule has 0 amide bonds. The number of rotatable bonds is 2. The molecule has 1 aromatic heterocycles. The normalized spacial score (nSPS) is 10.2. The van der Waals surface area contributed by atoms with E-state index in [2.05, 4.69) is 4.98 Å². The molecule has 5 heteroatoms. The highest BCUT2D eigenvalue weighted by atomic mass is 19.1. The summed E-state index contributed by atoms with van der Waals surface area (Å²) >= 11 is 0. The fourth-order valence-electron chi connectivity index (χ4n) is 0.888. The molecule has 2 N–H and O–H groups in total. The number of halogens is 2. The zero-order valence-electron chi connectivity index (χ0n) is 7.51. The van der Waals surface area contributed by atoms with Gasteiger partial charge in [-0.3, -0.25) is 0 Å². The number of pyridine rings is 1. The summed E-state index contributed by atoms with van der Waals surface area (Å²) in [6.45, 7) is 2.41. The molecule has 0 aliphatic carbocycles. The van der Waals surface area contributed by atoms with E-state index in [0.717, 1.165) is 6.07 Å². The average molecular weight is 187 g/mol. The van der Waals surface area contributed by atoms with Gasteiger partial charge in [-0.2, -0.15) is 0 Å². The molecule has 0 saturated heterocycles. The number of anilines is 2. The number of nitrogens with two attached hydrogens (primary N) is 1. The van der Waals surface area contributed by atoms with Crippen LogP contribution in [0, 0.1) is 11.6 Å². The van der Waals surface area contributed by atoms with Gasteiger partial charge in [0.1, 0.15) is 0 Å². The van der Waals surface area contributed by atoms with Crippen LogP contribution in [0.2, 0.25) is 0 Å². The lowest BCUT2D eigenvalue weighted by Crippen LogP contribution is -2.19. The largest absolute Gasteiger partial charge is 0.381 e. The van der Waals surface area contributed by atoms with Gasteiger partial charge in [-0.25, -0.2) is 13.8 Å². The lowest BCUT2D eigenvalue weighted by Gasteiger charge is -2.16. The minimum Gasteiger partial charge on any atom is -0.381 e. The number of nitrogens with zero attached hydrogens (tertiary/aromatic N) is 2. The Morgan fingerprint density at radius 2 is 2.08 bits per heavy atom. The standard InChI is InChI=1S/C8H11F2N3/c1-3-13(2)8-6(10)4-5(9)7(11)12-8/h4H,3H2,1-2H3,(H2,11,12). The maximum absolute atomic E-state index is 13.1. The fourth-order valence-corrected chi connectivity index (χ4v) is 0.888. The summed E-state index contributed by atoms with van der Waals surface area (Å²) in [5.41, 5.74) is 5.20. The number of hydrogen-bond acceptors (Lipinski definition) is 3. The number of aromatic nitrogens is 1. The lowest BCUT2D eigenvalue weighted by atomic mass is 10.4. The molecule has 0 fully saturated rings. The van der Waals surface area contributed by atoms with Crippen molar-refractivity contribution >= 4 is 11.6 Å². The minimum absolute atomic E-state index is 0.0707. The summed E-state index contributed by atoms with van der Waals surface area (Å²) in [6, 6.07) is 0.740. The number of hydrogen-bond donors (Lipinski definition) is 1. The molecule has 1 aromatic rings. The Balaban J connectivity index is 3.15. The monoisotopic (exact) mass is 187 g/mol. The molecule has 13 heavy (non-hydrogen) atoms. The van der Waals surface area contributed by atoms with Crippen LogP contribution in [0.4, 0.5) is 20.4 Å². The van der Waals surface area contributed by atoms with Gasteiger partial charge in [0, 0.05) is 19.7 Å². The highest BCUT2D eigenvalue weighted by Gasteiger charge is 2.11. The highest BCUT2D eigenvalue weighted by Crippen LogP contribution is 2.18. The first-order valence-electron chi connectivity index (χ1n) is 3.89. The molecule has 0 saturated carbocycles. The molecular formula is C8H11F2N3. The van der Waals surface area contributed by atoms with E-state index >= 15 is 0 Å². The van der Waals surface area contributed by atoms with Crippen molar-refractivity contribution in [3.8, 4) is 0 Å². The third-order valence-corrected chi connectivity index (χ3v) is 1.77. The molecule has 0 spiro atoms. The van der Waals surface area contributed by atoms with Gasteiger partial charge in [-0.15, -0.1) is 0 Å². The van der Waals surface area contributed by atoms with Gasteiger partial charge >= 0.3 is 0 Å². The first kappa shape index (κ1) is 9.70. The van der Waals surface area contributed by atoms with Crippen LogP contribution in [0.1, 0.15) is 6.92 Å².